The fraction of sp³-hybridized carbons (Fsp3) is 0.550. The first-order valence-electron chi connectivity index (χ1n) is 9.22. The van der Waals surface area contributed by atoms with E-state index in [1.54, 1.807) is 20.8 Å². The number of carbonyl (C=O) groups excluding carboxylic acids is 3. The third-order valence-electron chi connectivity index (χ3n) is 4.30. The summed E-state index contributed by atoms with van der Waals surface area (Å²) < 4.78 is 10.8. The van der Waals surface area contributed by atoms with E-state index in [1.807, 2.05) is 37.3 Å². The maximum atomic E-state index is 12.9. The van der Waals surface area contributed by atoms with Gasteiger partial charge in [0.2, 0.25) is 5.91 Å². The molecule has 1 atom stereocenters. The van der Waals surface area contributed by atoms with E-state index >= 15 is 0 Å². The maximum Gasteiger partial charge on any atom is 0.420 e. The number of nitrogens with one attached hydrogen (secondary N) is 1. The van der Waals surface area contributed by atoms with Crippen molar-refractivity contribution in [3.8, 4) is 0 Å². The van der Waals surface area contributed by atoms with E-state index in [0.717, 1.165) is 10.5 Å². The van der Waals surface area contributed by atoms with Gasteiger partial charge in [0, 0.05) is 6.54 Å². The largest absolute Gasteiger partial charge is 0.444 e. The smallest absolute Gasteiger partial charge is 0.420 e. The fourth-order valence-corrected chi connectivity index (χ4v) is 3.15. The molecule has 2 rings (SSSR count). The quantitative estimate of drug-likeness (QED) is 0.848. The number of nitrogens with zero attached hydrogens (tertiary/aromatic N) is 1. The number of amides is 3. The van der Waals surface area contributed by atoms with Gasteiger partial charge in [-0.25, -0.2) is 9.59 Å². The lowest BCUT2D eigenvalue weighted by atomic mass is 9.90. The van der Waals surface area contributed by atoms with Crippen LogP contribution in [0.15, 0.2) is 30.3 Å². The molecule has 1 saturated heterocycles. The predicted octanol–water partition coefficient (Wildman–Crippen LogP) is 3.62. The first-order chi connectivity index (χ1) is 12.7. The van der Waals surface area contributed by atoms with E-state index in [9.17, 15) is 14.4 Å². The number of imide groups is 1. The van der Waals surface area contributed by atoms with Crippen molar-refractivity contribution in [1.82, 2.24) is 10.2 Å². The van der Waals surface area contributed by atoms with Crippen LogP contribution in [0.5, 0.6) is 0 Å². The van der Waals surface area contributed by atoms with E-state index in [2.05, 4.69) is 5.32 Å². The summed E-state index contributed by atoms with van der Waals surface area (Å²) in [6, 6.07) is 9.15. The summed E-state index contributed by atoms with van der Waals surface area (Å²) >= 11 is 0. The Bertz CT molecular complexity index is 683. The van der Waals surface area contributed by atoms with Crippen molar-refractivity contribution in [3.05, 3.63) is 35.9 Å². The average molecular weight is 376 g/mol. The Morgan fingerprint density at radius 3 is 2.37 bits per heavy atom. The zero-order valence-corrected chi connectivity index (χ0v) is 16.4. The summed E-state index contributed by atoms with van der Waals surface area (Å²) in [6.07, 6.45) is -0.444. The molecular weight excluding hydrogens is 348 g/mol. The highest BCUT2D eigenvalue weighted by molar-refractivity contribution is 5.99. The molecule has 0 aliphatic carbocycles. The highest BCUT2D eigenvalue weighted by Crippen LogP contribution is 2.32. The molecule has 1 aromatic carbocycles. The van der Waals surface area contributed by atoms with Gasteiger partial charge in [-0.1, -0.05) is 43.7 Å². The van der Waals surface area contributed by atoms with Crippen LogP contribution < -0.4 is 5.32 Å². The molecule has 1 fully saturated rings. The second-order valence-corrected chi connectivity index (χ2v) is 7.64. The normalized spacial score (nSPS) is 19.3. The van der Waals surface area contributed by atoms with Gasteiger partial charge in [-0.2, -0.15) is 4.90 Å². The topological polar surface area (TPSA) is 84.9 Å². The molecule has 0 radical (unpaired) electrons. The van der Waals surface area contributed by atoms with E-state index in [1.165, 1.54) is 0 Å². The Labute approximate surface area is 160 Å². The Morgan fingerprint density at radius 1 is 1.19 bits per heavy atom. The molecule has 1 aliphatic heterocycles. The van der Waals surface area contributed by atoms with Crippen LogP contribution in [0.3, 0.4) is 0 Å². The van der Waals surface area contributed by atoms with Crippen molar-refractivity contribution in [2.45, 2.75) is 64.7 Å². The van der Waals surface area contributed by atoms with Crippen LogP contribution in [0, 0.1) is 0 Å². The number of rotatable bonds is 5. The molecule has 1 N–H and O–H groups in total. The van der Waals surface area contributed by atoms with Gasteiger partial charge in [0.25, 0.3) is 0 Å². The predicted molar refractivity (Wildman–Crippen MR) is 100.0 cm³/mol. The van der Waals surface area contributed by atoms with Crippen molar-refractivity contribution < 1.29 is 23.9 Å². The monoisotopic (exact) mass is 376 g/mol. The lowest BCUT2D eigenvalue weighted by molar-refractivity contribution is -0.129. The molecule has 1 heterocycles. The van der Waals surface area contributed by atoms with Crippen LogP contribution in [-0.4, -0.2) is 40.7 Å². The van der Waals surface area contributed by atoms with E-state index in [-0.39, 0.29) is 12.5 Å². The van der Waals surface area contributed by atoms with Crippen LogP contribution in [0.1, 0.15) is 52.5 Å². The molecule has 1 aromatic rings. The second-order valence-electron chi connectivity index (χ2n) is 7.64. The molecule has 0 saturated carbocycles. The average Bonchev–Trinajstić information content (AvgIpc) is 2.94. The third kappa shape index (κ3) is 4.99. The highest BCUT2D eigenvalue weighted by atomic mass is 16.6. The minimum atomic E-state index is -1.29. The molecule has 1 aliphatic rings. The van der Waals surface area contributed by atoms with Crippen LogP contribution in [0.25, 0.3) is 0 Å². The van der Waals surface area contributed by atoms with Gasteiger partial charge in [-0.3, -0.25) is 4.79 Å². The summed E-state index contributed by atoms with van der Waals surface area (Å²) in [7, 11) is 0. The lowest BCUT2D eigenvalue weighted by Gasteiger charge is -2.37. The van der Waals surface area contributed by atoms with E-state index in [0.29, 0.717) is 25.8 Å². The van der Waals surface area contributed by atoms with Crippen LogP contribution in [0.2, 0.25) is 0 Å². The maximum absolute atomic E-state index is 12.9. The summed E-state index contributed by atoms with van der Waals surface area (Å²) in [5.41, 5.74) is -1.31. The first kappa shape index (κ1) is 20.7. The Hall–Kier alpha value is -2.57. The number of ether oxygens (including phenoxy) is 2. The molecule has 3 amide bonds. The van der Waals surface area contributed by atoms with E-state index in [4.69, 9.17) is 9.47 Å². The first-order valence-corrected chi connectivity index (χ1v) is 9.22. The SMILES string of the molecule is CCC[C@]1(N(C(=O)OCc2ccccc2)C(=O)OC(C)(C)C)CCNC1=O. The number of hydrogen-bond donors (Lipinski definition) is 1. The van der Waals surface area contributed by atoms with Crippen molar-refractivity contribution >= 4 is 18.1 Å². The molecule has 148 valence electrons. The van der Waals surface area contributed by atoms with Crippen molar-refractivity contribution in [3.63, 3.8) is 0 Å². The second kappa shape index (κ2) is 8.41. The standard InChI is InChI=1S/C20H28N2O5/c1-5-11-20(12-13-21-16(20)23)22(18(25)27-19(2,3)4)17(24)26-14-15-9-7-6-8-10-15/h6-10H,5,11-14H2,1-4H3,(H,21,23)/t20-/m0/s1. The lowest BCUT2D eigenvalue weighted by Crippen LogP contribution is -2.59. The summed E-state index contributed by atoms with van der Waals surface area (Å²) in [4.78, 5) is 39.2. The fourth-order valence-electron chi connectivity index (χ4n) is 3.15. The van der Waals surface area contributed by atoms with Gasteiger partial charge in [0.15, 0.2) is 0 Å². The van der Waals surface area contributed by atoms with Gasteiger partial charge in [0.05, 0.1) is 0 Å². The molecule has 27 heavy (non-hydrogen) atoms. The number of hydrogen-bond acceptors (Lipinski definition) is 5. The van der Waals surface area contributed by atoms with Crippen LogP contribution >= 0.6 is 0 Å². The Balaban J connectivity index is 2.29. The number of carbonyl (C=O) groups is 3. The summed E-state index contributed by atoms with van der Waals surface area (Å²) in [6.45, 7) is 7.42. The Morgan fingerprint density at radius 2 is 1.85 bits per heavy atom. The van der Waals surface area contributed by atoms with E-state index < -0.39 is 23.3 Å². The zero-order chi connectivity index (χ0) is 20.1. The molecular formula is C20H28N2O5. The third-order valence-corrected chi connectivity index (χ3v) is 4.30. The minimum absolute atomic E-state index is 0.00277. The molecule has 0 bridgehead atoms. The Kier molecular flexibility index (Phi) is 6.46. The van der Waals surface area contributed by atoms with Gasteiger partial charge in [0.1, 0.15) is 17.7 Å². The van der Waals surface area contributed by atoms with Crippen LogP contribution in [0.4, 0.5) is 9.59 Å². The molecule has 0 unspecified atom stereocenters. The van der Waals surface area contributed by atoms with Crippen LogP contribution in [-0.2, 0) is 20.9 Å². The minimum Gasteiger partial charge on any atom is -0.444 e. The van der Waals surface area contributed by atoms with Crippen molar-refractivity contribution in [2.75, 3.05) is 6.54 Å². The molecule has 7 heteroatoms. The highest BCUT2D eigenvalue weighted by Gasteiger charge is 2.53. The molecule has 0 spiro atoms. The zero-order valence-electron chi connectivity index (χ0n) is 16.4. The summed E-state index contributed by atoms with van der Waals surface area (Å²) in [5.74, 6) is -0.355. The van der Waals surface area contributed by atoms with Crippen molar-refractivity contribution in [2.24, 2.45) is 0 Å². The summed E-state index contributed by atoms with van der Waals surface area (Å²) in [5, 5.41) is 2.73. The molecule has 7 nitrogen and oxygen atoms in total. The van der Waals surface area contributed by atoms with Gasteiger partial charge in [-0.05, 0) is 39.2 Å². The van der Waals surface area contributed by atoms with Gasteiger partial charge >= 0.3 is 12.2 Å². The molecule has 0 aromatic heterocycles. The van der Waals surface area contributed by atoms with Gasteiger partial charge < -0.3 is 14.8 Å². The van der Waals surface area contributed by atoms with Crippen molar-refractivity contribution in [1.29, 1.82) is 0 Å². The van der Waals surface area contributed by atoms with Gasteiger partial charge in [-0.15, -0.1) is 0 Å². The number of benzene rings is 1.